The van der Waals surface area contributed by atoms with Crippen LogP contribution >= 0.6 is 0 Å². The predicted molar refractivity (Wildman–Crippen MR) is 90.2 cm³/mol. The van der Waals surface area contributed by atoms with Gasteiger partial charge in [-0.2, -0.15) is 0 Å². The van der Waals surface area contributed by atoms with Crippen molar-refractivity contribution < 1.29 is 10.2 Å². The first-order valence-electron chi connectivity index (χ1n) is 8.67. The van der Waals surface area contributed by atoms with Crippen LogP contribution in [-0.2, 0) is 0 Å². The van der Waals surface area contributed by atoms with E-state index in [0.717, 1.165) is 47.8 Å². The molecule has 3 aliphatic rings. The third-order valence-electron chi connectivity index (χ3n) is 5.90. The lowest BCUT2D eigenvalue weighted by Gasteiger charge is -2.51. The maximum Gasteiger partial charge on any atom is 0.116 e. The molecule has 0 amide bonds. The Bertz CT molecular complexity index is 718. The molecule has 1 aromatic carbocycles. The van der Waals surface area contributed by atoms with Crippen molar-refractivity contribution in [2.45, 2.75) is 38.3 Å². The van der Waals surface area contributed by atoms with E-state index < -0.39 is 6.10 Å². The van der Waals surface area contributed by atoms with E-state index in [1.54, 1.807) is 24.4 Å². The second kappa shape index (κ2) is 5.77. The van der Waals surface area contributed by atoms with E-state index in [-0.39, 0.29) is 11.8 Å². The number of fused-ring (bicyclic) bond motifs is 4. The number of hydrogen-bond donors (Lipinski definition) is 2. The summed E-state index contributed by atoms with van der Waals surface area (Å²) < 4.78 is 0. The Labute approximate surface area is 136 Å². The molecule has 4 nitrogen and oxygen atoms in total. The maximum atomic E-state index is 11.1. The smallest absolute Gasteiger partial charge is 0.116 e. The number of phenols is 1. The van der Waals surface area contributed by atoms with Crippen molar-refractivity contribution in [3.05, 3.63) is 36.0 Å². The van der Waals surface area contributed by atoms with Gasteiger partial charge in [0.1, 0.15) is 5.75 Å². The molecular formula is C19H24N2O2. The van der Waals surface area contributed by atoms with E-state index in [2.05, 4.69) is 16.8 Å². The van der Waals surface area contributed by atoms with Crippen LogP contribution in [0.1, 0.15) is 37.9 Å². The molecule has 0 spiro atoms. The number of piperidine rings is 3. The van der Waals surface area contributed by atoms with Gasteiger partial charge in [-0.1, -0.05) is 13.3 Å². The summed E-state index contributed by atoms with van der Waals surface area (Å²) in [4.78, 5) is 6.81. The number of benzene rings is 1. The van der Waals surface area contributed by atoms with Crippen molar-refractivity contribution in [3.63, 3.8) is 0 Å². The Balaban J connectivity index is 1.68. The Hall–Kier alpha value is -1.65. The highest BCUT2D eigenvalue weighted by Crippen LogP contribution is 2.42. The van der Waals surface area contributed by atoms with Gasteiger partial charge in [-0.05, 0) is 61.1 Å². The van der Waals surface area contributed by atoms with Gasteiger partial charge in [-0.25, -0.2) is 0 Å². The highest BCUT2D eigenvalue weighted by atomic mass is 16.3. The summed E-state index contributed by atoms with van der Waals surface area (Å²) >= 11 is 0. The second-order valence-electron chi connectivity index (χ2n) is 7.06. The number of hydrogen-bond acceptors (Lipinski definition) is 4. The summed E-state index contributed by atoms with van der Waals surface area (Å²) in [7, 11) is 0. The molecule has 5 rings (SSSR count). The average molecular weight is 312 g/mol. The minimum absolute atomic E-state index is 0.185. The van der Waals surface area contributed by atoms with Gasteiger partial charge in [0.25, 0.3) is 0 Å². The maximum absolute atomic E-state index is 11.1. The van der Waals surface area contributed by atoms with Gasteiger partial charge in [-0.3, -0.25) is 9.88 Å². The first-order valence-corrected chi connectivity index (χ1v) is 8.67. The molecule has 3 saturated heterocycles. The van der Waals surface area contributed by atoms with Crippen molar-refractivity contribution in [3.8, 4) is 5.75 Å². The molecule has 0 saturated carbocycles. The standard InChI is InChI=1S/C19H24N2O2/c1-2-12-11-21-8-6-13(12)9-18(21)19(23)15-5-7-20-17-4-3-14(22)10-16(15)17/h3-5,7,10,12-13,18-19,22-23H,2,6,8-9,11H2,1H3/t12-,13-,18+,19-/m1/s1. The number of aliphatic hydroxyl groups excluding tert-OH is 1. The summed E-state index contributed by atoms with van der Waals surface area (Å²) in [6.07, 6.45) is 4.80. The fourth-order valence-corrected chi connectivity index (χ4v) is 4.59. The molecule has 2 aromatic rings. The topological polar surface area (TPSA) is 56.6 Å². The summed E-state index contributed by atoms with van der Waals surface area (Å²) in [5, 5.41) is 21.7. The van der Waals surface area contributed by atoms with Crippen LogP contribution in [0, 0.1) is 11.8 Å². The highest BCUT2D eigenvalue weighted by Gasteiger charge is 2.42. The second-order valence-corrected chi connectivity index (χ2v) is 7.06. The Morgan fingerprint density at radius 1 is 1.35 bits per heavy atom. The molecule has 1 aromatic heterocycles. The van der Waals surface area contributed by atoms with Gasteiger partial charge in [0.15, 0.2) is 0 Å². The normalized spacial score (nSPS) is 31.4. The zero-order chi connectivity index (χ0) is 16.0. The molecule has 4 heterocycles. The molecular weight excluding hydrogens is 288 g/mol. The number of pyridine rings is 1. The van der Waals surface area contributed by atoms with E-state index >= 15 is 0 Å². The Kier molecular flexibility index (Phi) is 3.74. The average Bonchev–Trinajstić information content (AvgIpc) is 2.60. The zero-order valence-electron chi connectivity index (χ0n) is 13.5. The van der Waals surface area contributed by atoms with Gasteiger partial charge < -0.3 is 10.2 Å². The highest BCUT2D eigenvalue weighted by molar-refractivity contribution is 5.83. The van der Waals surface area contributed by atoms with E-state index in [9.17, 15) is 10.2 Å². The van der Waals surface area contributed by atoms with Crippen molar-refractivity contribution in [1.29, 1.82) is 0 Å². The van der Waals surface area contributed by atoms with Crippen LogP contribution in [0.4, 0.5) is 0 Å². The van der Waals surface area contributed by atoms with Crippen LogP contribution in [0.15, 0.2) is 30.5 Å². The van der Waals surface area contributed by atoms with Gasteiger partial charge in [0.2, 0.25) is 0 Å². The molecule has 2 bridgehead atoms. The number of aliphatic hydroxyl groups is 1. The fraction of sp³-hybridized carbons (Fsp3) is 0.526. The van der Waals surface area contributed by atoms with Crippen LogP contribution in [0.3, 0.4) is 0 Å². The first kappa shape index (κ1) is 14.9. The van der Waals surface area contributed by atoms with Crippen LogP contribution in [0.25, 0.3) is 10.9 Å². The molecule has 0 radical (unpaired) electrons. The number of aromatic hydroxyl groups is 1. The molecule has 23 heavy (non-hydrogen) atoms. The molecule has 3 fully saturated rings. The molecule has 1 unspecified atom stereocenters. The van der Waals surface area contributed by atoms with Crippen molar-refractivity contribution in [2.75, 3.05) is 13.1 Å². The number of rotatable bonds is 3. The fourth-order valence-electron chi connectivity index (χ4n) is 4.59. The van der Waals surface area contributed by atoms with E-state index in [4.69, 9.17) is 0 Å². The SMILES string of the molecule is CC[C@@H]1CN2CC[C@@H]1C[C@H]2[C@H](O)c1ccnc2ccc(O)cc12. The lowest BCUT2D eigenvalue weighted by atomic mass is 9.72. The molecule has 3 aliphatic heterocycles. The first-order chi connectivity index (χ1) is 11.2. The number of aromatic nitrogens is 1. The molecule has 122 valence electrons. The van der Waals surface area contributed by atoms with E-state index in [0.29, 0.717) is 0 Å². The van der Waals surface area contributed by atoms with Crippen molar-refractivity contribution >= 4 is 10.9 Å². The van der Waals surface area contributed by atoms with Crippen LogP contribution in [-0.4, -0.2) is 39.2 Å². The predicted octanol–water partition coefficient (Wildman–Crippen LogP) is 3.09. The Morgan fingerprint density at radius 3 is 2.96 bits per heavy atom. The number of nitrogens with zero attached hydrogens (tertiary/aromatic N) is 2. The van der Waals surface area contributed by atoms with Crippen molar-refractivity contribution in [1.82, 2.24) is 9.88 Å². The van der Waals surface area contributed by atoms with Crippen LogP contribution < -0.4 is 0 Å². The van der Waals surface area contributed by atoms with Gasteiger partial charge in [0.05, 0.1) is 11.6 Å². The quantitative estimate of drug-likeness (QED) is 0.914. The molecule has 5 atom stereocenters. The number of phenolic OH excluding ortho intramolecular Hbond substituents is 1. The summed E-state index contributed by atoms with van der Waals surface area (Å²) in [5.74, 6) is 1.74. The van der Waals surface area contributed by atoms with Crippen LogP contribution in [0.5, 0.6) is 5.75 Å². The largest absolute Gasteiger partial charge is 0.508 e. The van der Waals surface area contributed by atoms with Gasteiger partial charge >= 0.3 is 0 Å². The minimum atomic E-state index is -0.525. The lowest BCUT2D eigenvalue weighted by molar-refractivity contribution is -0.0562. The third-order valence-corrected chi connectivity index (χ3v) is 5.90. The van der Waals surface area contributed by atoms with E-state index in [1.807, 2.05) is 6.07 Å². The summed E-state index contributed by atoms with van der Waals surface area (Å²) in [6, 6.07) is 7.24. The van der Waals surface area contributed by atoms with Gasteiger partial charge in [0, 0.05) is 24.2 Å². The Morgan fingerprint density at radius 2 is 2.22 bits per heavy atom. The molecule has 4 heteroatoms. The monoisotopic (exact) mass is 312 g/mol. The minimum Gasteiger partial charge on any atom is -0.508 e. The van der Waals surface area contributed by atoms with Crippen LogP contribution in [0.2, 0.25) is 0 Å². The summed E-state index contributed by atoms with van der Waals surface area (Å²) in [5.41, 5.74) is 1.71. The third kappa shape index (κ3) is 2.50. The zero-order valence-corrected chi connectivity index (χ0v) is 13.5. The lowest BCUT2D eigenvalue weighted by Crippen LogP contribution is -2.55. The van der Waals surface area contributed by atoms with Gasteiger partial charge in [-0.15, -0.1) is 0 Å². The summed E-state index contributed by atoms with van der Waals surface area (Å²) in [6.45, 7) is 4.48. The van der Waals surface area contributed by atoms with Crippen molar-refractivity contribution in [2.24, 2.45) is 11.8 Å². The molecule has 0 aliphatic carbocycles. The van der Waals surface area contributed by atoms with E-state index in [1.165, 1.54) is 12.8 Å². The molecule has 2 N–H and O–H groups in total.